The Balaban J connectivity index is 2.70. The Morgan fingerprint density at radius 1 is 1.42 bits per heavy atom. The van der Waals surface area contributed by atoms with Crippen LogP contribution < -0.4 is 10.2 Å². The maximum Gasteiger partial charge on any atom is 0.370 e. The number of carbonyl (C=O) groups is 1. The van der Waals surface area contributed by atoms with E-state index in [2.05, 4.69) is 15.3 Å². The Labute approximate surface area is 115 Å². The molecule has 0 unspecified atom stereocenters. The third-order valence-corrected chi connectivity index (χ3v) is 2.20. The molecule has 0 saturated heterocycles. The van der Waals surface area contributed by atoms with Crippen molar-refractivity contribution in [3.63, 3.8) is 0 Å². The lowest BCUT2D eigenvalue weighted by Gasteiger charge is -2.06. The Hall–Kier alpha value is -1.82. The highest BCUT2D eigenvalue weighted by Gasteiger charge is 2.09. The number of esters is 1. The minimum absolute atomic E-state index is 0.147. The zero-order valence-corrected chi connectivity index (χ0v) is 11.3. The minimum atomic E-state index is -0.747. The molecule has 19 heavy (non-hydrogen) atoms. The van der Waals surface area contributed by atoms with Gasteiger partial charge in [0.25, 0.3) is 0 Å². The van der Waals surface area contributed by atoms with Crippen molar-refractivity contribution in [3.8, 4) is 5.75 Å². The van der Waals surface area contributed by atoms with Gasteiger partial charge < -0.3 is 9.47 Å². The molecule has 0 atom stereocenters. The van der Waals surface area contributed by atoms with E-state index in [-0.39, 0.29) is 17.5 Å². The molecule has 0 fully saturated rings. The second-order valence-electron chi connectivity index (χ2n) is 3.31. The maximum atomic E-state index is 13.5. The monoisotopic (exact) mass is 288 g/mol. The van der Waals surface area contributed by atoms with Crippen molar-refractivity contribution in [2.75, 3.05) is 18.6 Å². The average molecular weight is 289 g/mol. The van der Waals surface area contributed by atoms with Crippen LogP contribution >= 0.6 is 11.6 Å². The number of rotatable bonds is 6. The third-order valence-electron chi connectivity index (χ3n) is 1.96. The topological polar surface area (TPSA) is 59.9 Å². The van der Waals surface area contributed by atoms with E-state index >= 15 is 0 Å². The lowest BCUT2D eigenvalue weighted by molar-refractivity contribution is -0.134. The molecule has 1 rings (SSSR count). The van der Waals surface area contributed by atoms with Crippen LogP contribution in [0.1, 0.15) is 13.8 Å². The van der Waals surface area contributed by atoms with Gasteiger partial charge in [0.05, 0.1) is 18.9 Å². The minimum Gasteiger partial charge on any atom is -0.491 e. The fourth-order valence-electron chi connectivity index (χ4n) is 1.19. The van der Waals surface area contributed by atoms with Gasteiger partial charge in [-0.15, -0.1) is 0 Å². The Bertz CT molecular complexity index is 480. The number of hydrazone groups is 1. The predicted octanol–water partition coefficient (Wildman–Crippen LogP) is 2.75. The zero-order chi connectivity index (χ0) is 14.3. The van der Waals surface area contributed by atoms with Crippen LogP contribution in [-0.2, 0) is 9.53 Å². The van der Waals surface area contributed by atoms with Crippen LogP contribution in [0.3, 0.4) is 0 Å². The van der Waals surface area contributed by atoms with Crippen molar-refractivity contribution in [2.24, 2.45) is 5.10 Å². The van der Waals surface area contributed by atoms with E-state index in [1.54, 1.807) is 19.9 Å². The number of carbonyl (C=O) groups excluding carboxylic acids is 1. The lowest BCUT2D eigenvalue weighted by Crippen LogP contribution is -2.13. The molecule has 0 amide bonds. The summed E-state index contributed by atoms with van der Waals surface area (Å²) in [6.45, 7) is 3.98. The van der Waals surface area contributed by atoms with Crippen LogP contribution in [0, 0.1) is 5.82 Å². The zero-order valence-electron chi connectivity index (χ0n) is 10.6. The van der Waals surface area contributed by atoms with E-state index in [0.717, 1.165) is 0 Å². The SMILES string of the molecule is CCOC(=O)/C(Cl)=N/Nc1ccc(OCC)c(F)c1. The van der Waals surface area contributed by atoms with Gasteiger partial charge in [0.1, 0.15) is 0 Å². The molecule has 7 heteroatoms. The highest BCUT2D eigenvalue weighted by molar-refractivity contribution is 6.82. The normalized spacial score (nSPS) is 11.1. The van der Waals surface area contributed by atoms with Gasteiger partial charge in [0.2, 0.25) is 5.17 Å². The molecular weight excluding hydrogens is 275 g/mol. The standard InChI is InChI=1S/C12H14ClFN2O3/c1-3-18-10-6-5-8(7-9(10)14)15-16-11(13)12(17)19-4-2/h5-7,15H,3-4H2,1-2H3/b16-11-. The molecule has 0 saturated carbocycles. The smallest absolute Gasteiger partial charge is 0.370 e. The molecule has 0 bridgehead atoms. The summed E-state index contributed by atoms with van der Waals surface area (Å²) in [5.74, 6) is -1.13. The average Bonchev–Trinajstić information content (AvgIpc) is 2.39. The molecule has 5 nitrogen and oxygen atoms in total. The van der Waals surface area contributed by atoms with E-state index < -0.39 is 11.8 Å². The van der Waals surface area contributed by atoms with E-state index in [1.165, 1.54) is 12.1 Å². The largest absolute Gasteiger partial charge is 0.491 e. The van der Waals surface area contributed by atoms with Crippen LogP contribution in [0.4, 0.5) is 10.1 Å². The van der Waals surface area contributed by atoms with Crippen molar-refractivity contribution >= 4 is 28.4 Å². The molecule has 0 aliphatic heterocycles. The number of halogens is 2. The Morgan fingerprint density at radius 2 is 2.16 bits per heavy atom. The maximum absolute atomic E-state index is 13.5. The van der Waals surface area contributed by atoms with Crippen molar-refractivity contribution < 1.29 is 18.7 Å². The first-order chi connectivity index (χ1) is 9.08. The quantitative estimate of drug-likeness (QED) is 0.497. The van der Waals surface area contributed by atoms with E-state index in [9.17, 15) is 9.18 Å². The van der Waals surface area contributed by atoms with Crippen LogP contribution in [0.15, 0.2) is 23.3 Å². The van der Waals surface area contributed by atoms with Crippen molar-refractivity contribution in [2.45, 2.75) is 13.8 Å². The highest BCUT2D eigenvalue weighted by Crippen LogP contribution is 2.21. The molecule has 1 aromatic rings. The second-order valence-corrected chi connectivity index (χ2v) is 3.67. The lowest BCUT2D eigenvalue weighted by atomic mass is 10.3. The number of anilines is 1. The van der Waals surface area contributed by atoms with Crippen LogP contribution in [0.25, 0.3) is 0 Å². The summed E-state index contributed by atoms with van der Waals surface area (Å²) in [4.78, 5) is 11.2. The van der Waals surface area contributed by atoms with Crippen LogP contribution in [0.5, 0.6) is 5.75 Å². The molecule has 0 spiro atoms. The van der Waals surface area contributed by atoms with Crippen molar-refractivity contribution in [1.29, 1.82) is 0 Å². The molecule has 0 radical (unpaired) electrons. The van der Waals surface area contributed by atoms with E-state index in [0.29, 0.717) is 12.3 Å². The van der Waals surface area contributed by atoms with Crippen molar-refractivity contribution in [1.82, 2.24) is 0 Å². The summed E-state index contributed by atoms with van der Waals surface area (Å²) >= 11 is 5.58. The Kier molecular flexibility index (Phi) is 6.08. The molecule has 0 aliphatic rings. The second kappa shape index (κ2) is 7.58. The van der Waals surface area contributed by atoms with Crippen LogP contribution in [-0.4, -0.2) is 24.4 Å². The van der Waals surface area contributed by atoms with Gasteiger partial charge in [-0.05, 0) is 26.0 Å². The van der Waals surface area contributed by atoms with Gasteiger partial charge in [-0.2, -0.15) is 5.10 Å². The van der Waals surface area contributed by atoms with Gasteiger partial charge in [-0.1, -0.05) is 11.6 Å². The first kappa shape index (κ1) is 15.2. The fourth-order valence-corrected chi connectivity index (χ4v) is 1.29. The number of hydrogen-bond acceptors (Lipinski definition) is 5. The molecule has 0 aromatic heterocycles. The first-order valence-electron chi connectivity index (χ1n) is 5.67. The van der Waals surface area contributed by atoms with E-state index in [1.807, 2.05) is 0 Å². The summed E-state index contributed by atoms with van der Waals surface area (Å²) < 4.78 is 23.2. The molecule has 1 aromatic carbocycles. The molecule has 1 N–H and O–H groups in total. The summed E-state index contributed by atoms with van der Waals surface area (Å²) in [6.07, 6.45) is 0. The van der Waals surface area contributed by atoms with Gasteiger partial charge in [-0.25, -0.2) is 9.18 Å². The van der Waals surface area contributed by atoms with Gasteiger partial charge in [0.15, 0.2) is 11.6 Å². The molecular formula is C12H14ClFN2O3. The third kappa shape index (κ3) is 4.75. The fraction of sp³-hybridized carbons (Fsp3) is 0.333. The summed E-state index contributed by atoms with van der Waals surface area (Å²) in [5, 5.41) is 3.22. The summed E-state index contributed by atoms with van der Waals surface area (Å²) in [6, 6.07) is 4.19. The van der Waals surface area contributed by atoms with Gasteiger partial charge in [0, 0.05) is 6.07 Å². The number of nitrogens with zero attached hydrogens (tertiary/aromatic N) is 1. The predicted molar refractivity (Wildman–Crippen MR) is 71.1 cm³/mol. The highest BCUT2D eigenvalue weighted by atomic mass is 35.5. The molecule has 0 aliphatic carbocycles. The van der Waals surface area contributed by atoms with Gasteiger partial charge >= 0.3 is 5.97 Å². The summed E-state index contributed by atoms with van der Waals surface area (Å²) in [5.41, 5.74) is 2.79. The number of nitrogens with one attached hydrogen (secondary N) is 1. The first-order valence-corrected chi connectivity index (χ1v) is 6.05. The van der Waals surface area contributed by atoms with E-state index in [4.69, 9.17) is 16.3 Å². The molecule has 0 heterocycles. The molecule has 104 valence electrons. The summed E-state index contributed by atoms with van der Waals surface area (Å²) in [7, 11) is 0. The van der Waals surface area contributed by atoms with Gasteiger partial charge in [-0.3, -0.25) is 5.43 Å². The number of ether oxygens (including phenoxy) is 2. The van der Waals surface area contributed by atoms with Crippen LogP contribution in [0.2, 0.25) is 0 Å². The van der Waals surface area contributed by atoms with Crippen molar-refractivity contribution in [3.05, 3.63) is 24.0 Å². The Morgan fingerprint density at radius 3 is 2.74 bits per heavy atom. The number of hydrogen-bond donors (Lipinski definition) is 1. The number of benzene rings is 1.